The molecule has 0 spiro atoms. The van der Waals surface area contributed by atoms with Crippen LogP contribution in [-0.2, 0) is 4.79 Å². The van der Waals surface area contributed by atoms with Gasteiger partial charge in [0, 0.05) is 5.92 Å². The van der Waals surface area contributed by atoms with Crippen LogP contribution in [-0.4, -0.2) is 22.7 Å². The molecule has 1 amide bonds. The molecule has 2 rings (SSSR count). The molecule has 5 nitrogen and oxygen atoms in total. The third-order valence-electron chi connectivity index (χ3n) is 3.22. The van der Waals surface area contributed by atoms with Crippen LogP contribution in [0.4, 0.5) is 5.13 Å². The van der Waals surface area contributed by atoms with Gasteiger partial charge in [-0.05, 0) is 40.9 Å². The molecule has 1 aromatic carbocycles. The average Bonchev–Trinajstić information content (AvgIpc) is 2.96. The van der Waals surface area contributed by atoms with Gasteiger partial charge in [-0.2, -0.15) is 0 Å². The normalized spacial score (nSPS) is 10.7. The van der Waals surface area contributed by atoms with Gasteiger partial charge in [0.2, 0.25) is 5.13 Å². The Kier molecular flexibility index (Phi) is 6.33. The molecular formula is C15H18BrN3O2S. The van der Waals surface area contributed by atoms with Crippen molar-refractivity contribution < 1.29 is 9.53 Å². The molecule has 1 N–H and O–H groups in total. The molecule has 0 saturated heterocycles. The Hall–Kier alpha value is -1.47. The molecule has 2 aromatic rings. The fourth-order valence-electron chi connectivity index (χ4n) is 1.95. The number of carbonyl (C=O) groups excluding carboxylic acids is 1. The van der Waals surface area contributed by atoms with Crippen LogP contribution in [0, 0.1) is 0 Å². The summed E-state index contributed by atoms with van der Waals surface area (Å²) in [5.41, 5.74) is 0. The molecule has 0 saturated carbocycles. The Morgan fingerprint density at radius 3 is 2.73 bits per heavy atom. The van der Waals surface area contributed by atoms with Crippen molar-refractivity contribution in [3.05, 3.63) is 33.7 Å². The fourth-order valence-corrected chi connectivity index (χ4v) is 3.37. The first-order chi connectivity index (χ1) is 10.6. The summed E-state index contributed by atoms with van der Waals surface area (Å²) in [5, 5.41) is 12.4. The van der Waals surface area contributed by atoms with Crippen LogP contribution in [0.1, 0.15) is 37.6 Å². The summed E-state index contributed by atoms with van der Waals surface area (Å²) in [6, 6.07) is 7.40. The molecule has 1 heterocycles. The van der Waals surface area contributed by atoms with Crippen molar-refractivity contribution in [3.63, 3.8) is 0 Å². The molecule has 0 bridgehead atoms. The number of halogens is 1. The number of anilines is 1. The summed E-state index contributed by atoms with van der Waals surface area (Å²) < 4.78 is 6.28. The fraction of sp³-hybridized carbons (Fsp3) is 0.400. The largest absolute Gasteiger partial charge is 0.483 e. The summed E-state index contributed by atoms with van der Waals surface area (Å²) >= 11 is 4.80. The number of hydrogen-bond donors (Lipinski definition) is 1. The van der Waals surface area contributed by atoms with Gasteiger partial charge in [0.1, 0.15) is 10.8 Å². The maximum atomic E-state index is 11.9. The SMILES string of the molecule is CCC(CC)c1nnc(NC(=O)COc2ccccc2Br)s1. The van der Waals surface area contributed by atoms with Gasteiger partial charge in [-0.3, -0.25) is 10.1 Å². The number of para-hydroxylation sites is 1. The number of benzene rings is 1. The molecule has 118 valence electrons. The molecule has 0 atom stereocenters. The topological polar surface area (TPSA) is 64.1 Å². The molecule has 7 heteroatoms. The van der Waals surface area contributed by atoms with Gasteiger partial charge in [0.15, 0.2) is 6.61 Å². The highest BCUT2D eigenvalue weighted by molar-refractivity contribution is 9.10. The predicted molar refractivity (Wildman–Crippen MR) is 91.5 cm³/mol. The summed E-state index contributed by atoms with van der Waals surface area (Å²) in [6.45, 7) is 4.18. The first-order valence-corrected chi connectivity index (χ1v) is 8.75. The third kappa shape index (κ3) is 4.51. The van der Waals surface area contributed by atoms with E-state index in [9.17, 15) is 4.79 Å². The van der Waals surface area contributed by atoms with E-state index in [0.29, 0.717) is 16.8 Å². The van der Waals surface area contributed by atoms with Gasteiger partial charge in [-0.25, -0.2) is 0 Å². The van der Waals surface area contributed by atoms with Gasteiger partial charge < -0.3 is 4.74 Å². The smallest absolute Gasteiger partial charge is 0.264 e. The quantitative estimate of drug-likeness (QED) is 0.776. The summed E-state index contributed by atoms with van der Waals surface area (Å²) in [7, 11) is 0. The Morgan fingerprint density at radius 1 is 1.32 bits per heavy atom. The lowest BCUT2D eigenvalue weighted by molar-refractivity contribution is -0.118. The van der Waals surface area contributed by atoms with Crippen molar-refractivity contribution in [2.45, 2.75) is 32.6 Å². The third-order valence-corrected chi connectivity index (χ3v) is 4.87. The van der Waals surface area contributed by atoms with Gasteiger partial charge in [0.25, 0.3) is 5.91 Å². The number of hydrogen-bond acceptors (Lipinski definition) is 5. The Bertz CT molecular complexity index is 629. The molecule has 0 aliphatic rings. The minimum absolute atomic E-state index is 0.0670. The lowest BCUT2D eigenvalue weighted by atomic mass is 10.1. The van der Waals surface area contributed by atoms with E-state index in [4.69, 9.17) is 4.74 Å². The van der Waals surface area contributed by atoms with Crippen LogP contribution < -0.4 is 10.1 Å². The number of ether oxygens (including phenoxy) is 1. The molecule has 0 fully saturated rings. The van der Waals surface area contributed by atoms with Gasteiger partial charge in [-0.1, -0.05) is 37.3 Å². The second-order valence-corrected chi connectivity index (χ2v) is 6.59. The average molecular weight is 384 g/mol. The first-order valence-electron chi connectivity index (χ1n) is 7.14. The van der Waals surface area contributed by atoms with E-state index in [1.807, 2.05) is 18.2 Å². The van der Waals surface area contributed by atoms with Crippen molar-refractivity contribution in [1.29, 1.82) is 0 Å². The first kappa shape index (κ1) is 16.9. The van der Waals surface area contributed by atoms with Crippen molar-refractivity contribution >= 4 is 38.3 Å². The number of amides is 1. The molecule has 1 aromatic heterocycles. The van der Waals surface area contributed by atoms with Gasteiger partial charge >= 0.3 is 0 Å². The molecule has 22 heavy (non-hydrogen) atoms. The second kappa shape index (κ2) is 8.24. The maximum absolute atomic E-state index is 11.9. The van der Waals surface area contributed by atoms with Crippen LogP contribution >= 0.6 is 27.3 Å². The van der Waals surface area contributed by atoms with Crippen molar-refractivity contribution in [1.82, 2.24) is 10.2 Å². The summed E-state index contributed by atoms with van der Waals surface area (Å²) in [5.74, 6) is 0.787. The molecule has 0 aliphatic carbocycles. The van der Waals surface area contributed by atoms with E-state index in [0.717, 1.165) is 22.3 Å². The van der Waals surface area contributed by atoms with E-state index < -0.39 is 0 Å². The van der Waals surface area contributed by atoms with Gasteiger partial charge in [0.05, 0.1) is 4.47 Å². The minimum atomic E-state index is -0.247. The molecular weight excluding hydrogens is 366 g/mol. The Balaban J connectivity index is 1.88. The summed E-state index contributed by atoms with van der Waals surface area (Å²) in [6.07, 6.45) is 2.04. The standard InChI is InChI=1S/C15H18BrN3O2S/c1-3-10(4-2)14-18-19-15(22-14)17-13(20)9-21-12-8-6-5-7-11(12)16/h5-8,10H,3-4,9H2,1-2H3,(H,17,19,20). The maximum Gasteiger partial charge on any atom is 0.264 e. The number of aromatic nitrogens is 2. The number of nitrogens with zero attached hydrogens (tertiary/aromatic N) is 2. The van der Waals surface area contributed by atoms with Gasteiger partial charge in [-0.15, -0.1) is 10.2 Å². The molecule has 0 unspecified atom stereocenters. The number of carbonyl (C=O) groups is 1. The lowest BCUT2D eigenvalue weighted by Gasteiger charge is -2.07. The van der Waals surface area contributed by atoms with E-state index in [1.165, 1.54) is 11.3 Å². The van der Waals surface area contributed by atoms with E-state index >= 15 is 0 Å². The van der Waals surface area contributed by atoms with Crippen molar-refractivity contribution in [3.8, 4) is 5.75 Å². The Labute approximate surface area is 142 Å². The van der Waals surface area contributed by atoms with Crippen LogP contribution in [0.2, 0.25) is 0 Å². The van der Waals surface area contributed by atoms with E-state index in [2.05, 4.69) is 45.3 Å². The molecule has 0 aliphatic heterocycles. The second-order valence-electron chi connectivity index (χ2n) is 4.73. The highest BCUT2D eigenvalue weighted by atomic mass is 79.9. The van der Waals surface area contributed by atoms with E-state index in [-0.39, 0.29) is 12.5 Å². The summed E-state index contributed by atoms with van der Waals surface area (Å²) in [4.78, 5) is 11.9. The van der Waals surface area contributed by atoms with Crippen LogP contribution in [0.5, 0.6) is 5.75 Å². The van der Waals surface area contributed by atoms with E-state index in [1.54, 1.807) is 6.07 Å². The zero-order valence-corrected chi connectivity index (χ0v) is 14.9. The number of nitrogens with one attached hydrogen (secondary N) is 1. The van der Waals surface area contributed by atoms with Crippen LogP contribution in [0.15, 0.2) is 28.7 Å². The van der Waals surface area contributed by atoms with Crippen LogP contribution in [0.25, 0.3) is 0 Å². The zero-order chi connectivity index (χ0) is 15.9. The van der Waals surface area contributed by atoms with Crippen LogP contribution in [0.3, 0.4) is 0 Å². The minimum Gasteiger partial charge on any atom is -0.483 e. The zero-order valence-electron chi connectivity index (χ0n) is 12.5. The lowest BCUT2D eigenvalue weighted by Crippen LogP contribution is -2.20. The molecule has 0 radical (unpaired) electrons. The van der Waals surface area contributed by atoms with Crippen molar-refractivity contribution in [2.75, 3.05) is 11.9 Å². The van der Waals surface area contributed by atoms with Crippen molar-refractivity contribution in [2.24, 2.45) is 0 Å². The highest BCUT2D eigenvalue weighted by Crippen LogP contribution is 2.28. The Morgan fingerprint density at radius 2 is 2.05 bits per heavy atom. The monoisotopic (exact) mass is 383 g/mol. The predicted octanol–water partition coefficient (Wildman–Crippen LogP) is 4.22. The highest BCUT2D eigenvalue weighted by Gasteiger charge is 2.14. The number of rotatable bonds is 7.